The first-order chi connectivity index (χ1) is 16.4. The van der Waals surface area contributed by atoms with Crippen molar-refractivity contribution in [2.45, 2.75) is 78.1 Å². The summed E-state index contributed by atoms with van der Waals surface area (Å²) in [6.45, 7) is 9.65. The molecule has 0 aromatic heterocycles. The summed E-state index contributed by atoms with van der Waals surface area (Å²) in [5.74, 6) is 2.83. The van der Waals surface area contributed by atoms with E-state index in [4.69, 9.17) is 9.47 Å². The average Bonchev–Trinajstić information content (AvgIpc) is 2.82. The molecule has 1 aliphatic carbocycles. The molecule has 2 N–H and O–H groups in total. The van der Waals surface area contributed by atoms with Gasteiger partial charge in [-0.2, -0.15) is 0 Å². The van der Waals surface area contributed by atoms with Gasteiger partial charge in [-0.1, -0.05) is 71.2 Å². The highest BCUT2D eigenvalue weighted by Gasteiger charge is 2.36. The number of benzene rings is 2. The molecule has 2 aromatic rings. The van der Waals surface area contributed by atoms with Crippen molar-refractivity contribution in [2.24, 2.45) is 11.8 Å². The Hall–Kier alpha value is -2.04. The number of hydrogen-bond donors (Lipinski definition) is 2. The van der Waals surface area contributed by atoms with E-state index in [0.717, 1.165) is 37.2 Å². The van der Waals surface area contributed by atoms with Crippen LogP contribution in [0.25, 0.3) is 0 Å². The van der Waals surface area contributed by atoms with E-state index < -0.39 is 0 Å². The summed E-state index contributed by atoms with van der Waals surface area (Å²) in [5, 5.41) is 18.5. The van der Waals surface area contributed by atoms with Crippen LogP contribution in [-0.2, 0) is 18.3 Å². The summed E-state index contributed by atoms with van der Waals surface area (Å²) in [6, 6.07) is 13.5. The van der Waals surface area contributed by atoms with Crippen molar-refractivity contribution in [1.82, 2.24) is 0 Å². The summed E-state index contributed by atoms with van der Waals surface area (Å²) in [5.41, 5.74) is 5.20. The fourth-order valence-corrected chi connectivity index (χ4v) is 5.45. The number of hydrogen-bond acceptors (Lipinski definition) is 4. The lowest BCUT2D eigenvalue weighted by Crippen LogP contribution is -2.31. The Morgan fingerprint density at radius 2 is 1.15 bits per heavy atom. The molecule has 1 saturated carbocycles. The highest BCUT2D eigenvalue weighted by Crippen LogP contribution is 2.47. The number of aliphatic hydroxyl groups excluding tert-OH is 2. The van der Waals surface area contributed by atoms with Crippen LogP contribution in [0.3, 0.4) is 0 Å². The van der Waals surface area contributed by atoms with Gasteiger partial charge in [-0.25, -0.2) is 0 Å². The Labute approximate surface area is 206 Å². The summed E-state index contributed by atoms with van der Waals surface area (Å²) in [7, 11) is 0. The number of rotatable bonds is 12. The lowest BCUT2D eigenvalue weighted by atomic mass is 9.64. The second-order valence-corrected chi connectivity index (χ2v) is 10.6. The third kappa shape index (κ3) is 6.55. The summed E-state index contributed by atoms with van der Waals surface area (Å²) < 4.78 is 11.8. The molecule has 0 atom stereocenters. The van der Waals surface area contributed by atoms with Gasteiger partial charge in [0, 0.05) is 5.41 Å². The van der Waals surface area contributed by atoms with Crippen molar-refractivity contribution in [1.29, 1.82) is 0 Å². The minimum absolute atomic E-state index is 0.0132. The van der Waals surface area contributed by atoms with Crippen LogP contribution >= 0.6 is 0 Å². The monoisotopic (exact) mass is 468 g/mol. The van der Waals surface area contributed by atoms with Crippen LogP contribution in [0.15, 0.2) is 36.4 Å². The van der Waals surface area contributed by atoms with Crippen molar-refractivity contribution < 1.29 is 19.7 Å². The molecule has 188 valence electrons. The number of aliphatic hydroxyl groups is 2. The van der Waals surface area contributed by atoms with Gasteiger partial charge in [-0.3, -0.25) is 0 Å². The summed E-state index contributed by atoms with van der Waals surface area (Å²) in [4.78, 5) is 0. The molecule has 0 amide bonds. The first-order valence-corrected chi connectivity index (χ1v) is 13.1. The van der Waals surface area contributed by atoms with Gasteiger partial charge >= 0.3 is 0 Å². The predicted octanol–water partition coefficient (Wildman–Crippen LogP) is 6.08. The van der Waals surface area contributed by atoms with Crippen molar-refractivity contribution in [3.8, 4) is 11.5 Å². The van der Waals surface area contributed by atoms with E-state index in [2.05, 4.69) is 64.1 Å². The highest BCUT2D eigenvalue weighted by atomic mass is 16.5. The molecule has 2 aromatic carbocycles. The van der Waals surface area contributed by atoms with E-state index in [9.17, 15) is 10.2 Å². The summed E-state index contributed by atoms with van der Waals surface area (Å²) in [6.07, 6.45) is 7.93. The predicted molar refractivity (Wildman–Crippen MR) is 139 cm³/mol. The van der Waals surface area contributed by atoms with Crippen LogP contribution < -0.4 is 9.47 Å². The zero-order valence-electron chi connectivity index (χ0n) is 21.6. The van der Waals surface area contributed by atoms with Crippen molar-refractivity contribution in [3.63, 3.8) is 0 Å². The van der Waals surface area contributed by atoms with Crippen molar-refractivity contribution in [3.05, 3.63) is 58.7 Å². The fourth-order valence-electron chi connectivity index (χ4n) is 5.45. The Bertz CT molecular complexity index is 829. The van der Waals surface area contributed by atoms with Gasteiger partial charge in [-0.05, 0) is 71.9 Å². The minimum atomic E-state index is -0.0132. The van der Waals surface area contributed by atoms with E-state index in [1.807, 2.05) is 0 Å². The SMILES string of the molecule is CC(C)Cc1cc(C2(c3ccc(OCCO)c(CC(C)C)c3)CCCCC2)ccc1OCCO. The Kier molecular flexibility index (Phi) is 9.85. The molecule has 0 unspecified atom stereocenters. The lowest BCUT2D eigenvalue weighted by molar-refractivity contribution is 0.200. The van der Waals surface area contributed by atoms with Crippen LogP contribution in [0, 0.1) is 11.8 Å². The number of ether oxygens (including phenoxy) is 2. The quantitative estimate of drug-likeness (QED) is 0.397. The van der Waals surface area contributed by atoms with Crippen LogP contribution in [0.2, 0.25) is 0 Å². The molecule has 0 heterocycles. The molecular formula is C30H44O4. The second-order valence-electron chi connectivity index (χ2n) is 10.6. The molecule has 0 saturated heterocycles. The van der Waals surface area contributed by atoms with Crippen LogP contribution in [-0.4, -0.2) is 36.6 Å². The Morgan fingerprint density at radius 1 is 0.706 bits per heavy atom. The van der Waals surface area contributed by atoms with Crippen molar-refractivity contribution in [2.75, 3.05) is 26.4 Å². The molecule has 0 bridgehead atoms. The van der Waals surface area contributed by atoms with E-state index in [1.54, 1.807) is 0 Å². The minimum Gasteiger partial charge on any atom is -0.491 e. The normalized spacial score (nSPS) is 15.6. The second kappa shape index (κ2) is 12.6. The first kappa shape index (κ1) is 26.6. The van der Waals surface area contributed by atoms with Crippen LogP contribution in [0.4, 0.5) is 0 Å². The van der Waals surface area contributed by atoms with Gasteiger partial charge in [0.05, 0.1) is 13.2 Å². The lowest BCUT2D eigenvalue weighted by Gasteiger charge is -2.39. The van der Waals surface area contributed by atoms with Crippen LogP contribution in [0.1, 0.15) is 82.1 Å². The van der Waals surface area contributed by atoms with E-state index in [1.165, 1.54) is 41.5 Å². The molecule has 0 radical (unpaired) electrons. The molecule has 1 aliphatic rings. The van der Waals surface area contributed by atoms with Gasteiger partial charge in [0.2, 0.25) is 0 Å². The third-order valence-corrected chi connectivity index (χ3v) is 6.89. The molecule has 0 aliphatic heterocycles. The maximum Gasteiger partial charge on any atom is 0.122 e. The van der Waals surface area contributed by atoms with E-state index in [-0.39, 0.29) is 18.6 Å². The van der Waals surface area contributed by atoms with E-state index in [0.29, 0.717) is 25.0 Å². The highest BCUT2D eigenvalue weighted by molar-refractivity contribution is 5.49. The molecule has 1 fully saturated rings. The molecule has 4 nitrogen and oxygen atoms in total. The van der Waals surface area contributed by atoms with E-state index >= 15 is 0 Å². The molecule has 3 rings (SSSR count). The molecule has 4 heteroatoms. The zero-order chi connectivity index (χ0) is 24.6. The zero-order valence-corrected chi connectivity index (χ0v) is 21.6. The topological polar surface area (TPSA) is 58.9 Å². The fraction of sp³-hybridized carbons (Fsp3) is 0.600. The Morgan fingerprint density at radius 3 is 1.53 bits per heavy atom. The molecule has 34 heavy (non-hydrogen) atoms. The van der Waals surface area contributed by atoms with Gasteiger partial charge in [-0.15, -0.1) is 0 Å². The standard InChI is InChI=1S/C30H44O4/c1-22(2)18-24-20-26(8-10-28(24)33-16-14-31)30(12-6-5-7-13-30)27-9-11-29(34-17-15-32)25(21-27)19-23(3)4/h8-11,20-23,31-32H,5-7,12-19H2,1-4H3. The van der Waals surface area contributed by atoms with Gasteiger partial charge < -0.3 is 19.7 Å². The maximum absolute atomic E-state index is 9.26. The van der Waals surface area contributed by atoms with Crippen LogP contribution in [0.5, 0.6) is 11.5 Å². The van der Waals surface area contributed by atoms with Gasteiger partial charge in [0.15, 0.2) is 0 Å². The smallest absolute Gasteiger partial charge is 0.122 e. The largest absolute Gasteiger partial charge is 0.491 e. The van der Waals surface area contributed by atoms with Gasteiger partial charge in [0.1, 0.15) is 24.7 Å². The van der Waals surface area contributed by atoms with Crippen molar-refractivity contribution >= 4 is 0 Å². The molecular weight excluding hydrogens is 424 g/mol. The first-order valence-electron chi connectivity index (χ1n) is 13.1. The van der Waals surface area contributed by atoms with Gasteiger partial charge in [0.25, 0.3) is 0 Å². The summed E-state index contributed by atoms with van der Waals surface area (Å²) >= 11 is 0. The maximum atomic E-state index is 9.26. The average molecular weight is 469 g/mol. The third-order valence-electron chi connectivity index (χ3n) is 6.89. The molecule has 0 spiro atoms. The Balaban J connectivity index is 2.08.